The molecule has 0 N–H and O–H groups in total. The zero-order valence-electron chi connectivity index (χ0n) is 9.21. The molecular formula is C11H22N2. The summed E-state index contributed by atoms with van der Waals surface area (Å²) in [5.41, 5.74) is 0.583. The highest BCUT2D eigenvalue weighted by Crippen LogP contribution is 2.34. The molecule has 0 spiro atoms. The van der Waals surface area contributed by atoms with Gasteiger partial charge in [0.1, 0.15) is 0 Å². The summed E-state index contributed by atoms with van der Waals surface area (Å²) in [6, 6.07) is 0.836. The Labute approximate surface area is 81.9 Å². The second-order valence-corrected chi connectivity index (χ2v) is 5.57. The molecule has 0 bridgehead atoms. The maximum atomic E-state index is 2.69. The third-order valence-electron chi connectivity index (χ3n) is 3.67. The van der Waals surface area contributed by atoms with E-state index in [0.717, 1.165) is 6.04 Å². The van der Waals surface area contributed by atoms with Gasteiger partial charge in [-0.05, 0) is 31.8 Å². The van der Waals surface area contributed by atoms with Crippen LogP contribution in [0.2, 0.25) is 0 Å². The summed E-state index contributed by atoms with van der Waals surface area (Å²) < 4.78 is 0. The van der Waals surface area contributed by atoms with Crippen molar-refractivity contribution in [2.45, 2.75) is 32.7 Å². The molecule has 0 radical (unpaired) electrons. The summed E-state index contributed by atoms with van der Waals surface area (Å²) in [6.07, 6.45) is 2.77. The van der Waals surface area contributed by atoms with E-state index in [1.807, 2.05) is 0 Å². The molecule has 1 unspecified atom stereocenters. The number of likely N-dealkylation sites (N-methyl/N-ethyl adjacent to an activating group) is 1. The number of nitrogens with zero attached hydrogens (tertiary/aromatic N) is 2. The molecular weight excluding hydrogens is 160 g/mol. The molecule has 2 aliphatic rings. The molecule has 76 valence electrons. The van der Waals surface area contributed by atoms with Gasteiger partial charge in [0.2, 0.25) is 0 Å². The van der Waals surface area contributed by atoms with Gasteiger partial charge in [0.25, 0.3) is 0 Å². The minimum Gasteiger partial charge on any atom is -0.304 e. The van der Waals surface area contributed by atoms with Crippen LogP contribution >= 0.6 is 0 Å². The molecule has 2 fully saturated rings. The summed E-state index contributed by atoms with van der Waals surface area (Å²) in [5, 5.41) is 0. The van der Waals surface area contributed by atoms with E-state index in [1.54, 1.807) is 0 Å². The highest BCUT2D eigenvalue weighted by molar-refractivity contribution is 4.90. The minimum absolute atomic E-state index is 0.583. The smallest absolute Gasteiger partial charge is 0.0228 e. The van der Waals surface area contributed by atoms with Crippen LogP contribution in [0.1, 0.15) is 26.7 Å². The van der Waals surface area contributed by atoms with Gasteiger partial charge < -0.3 is 4.90 Å². The van der Waals surface area contributed by atoms with E-state index in [-0.39, 0.29) is 0 Å². The molecule has 2 nitrogen and oxygen atoms in total. The lowest BCUT2D eigenvalue weighted by Gasteiger charge is -2.48. The molecule has 0 aromatic heterocycles. The van der Waals surface area contributed by atoms with E-state index in [0.29, 0.717) is 5.41 Å². The first-order valence-electron chi connectivity index (χ1n) is 5.49. The molecule has 0 aromatic carbocycles. The van der Waals surface area contributed by atoms with Gasteiger partial charge in [-0.3, -0.25) is 4.90 Å². The summed E-state index contributed by atoms with van der Waals surface area (Å²) in [6.45, 7) is 9.99. The fourth-order valence-corrected chi connectivity index (χ4v) is 2.72. The molecule has 2 rings (SSSR count). The van der Waals surface area contributed by atoms with E-state index in [9.17, 15) is 0 Å². The first-order chi connectivity index (χ1) is 6.07. The lowest BCUT2D eigenvalue weighted by atomic mass is 9.78. The topological polar surface area (TPSA) is 6.48 Å². The molecule has 0 aliphatic carbocycles. The van der Waals surface area contributed by atoms with Crippen molar-refractivity contribution >= 4 is 0 Å². The Kier molecular flexibility index (Phi) is 2.37. The summed E-state index contributed by atoms with van der Waals surface area (Å²) in [5.74, 6) is 0. The Bertz CT molecular complexity index is 189. The van der Waals surface area contributed by atoms with Gasteiger partial charge in [-0.25, -0.2) is 0 Å². The molecule has 2 heterocycles. The maximum Gasteiger partial charge on any atom is 0.0228 e. The van der Waals surface area contributed by atoms with Gasteiger partial charge in [-0.15, -0.1) is 0 Å². The zero-order valence-corrected chi connectivity index (χ0v) is 9.21. The van der Waals surface area contributed by atoms with Crippen LogP contribution in [0, 0.1) is 5.41 Å². The minimum atomic E-state index is 0.583. The Balaban J connectivity index is 2.00. The maximum absolute atomic E-state index is 2.69. The largest absolute Gasteiger partial charge is 0.304 e. The molecule has 2 aliphatic heterocycles. The molecule has 0 amide bonds. The lowest BCUT2D eigenvalue weighted by Crippen LogP contribution is -2.56. The Morgan fingerprint density at radius 2 is 1.92 bits per heavy atom. The number of hydrogen-bond acceptors (Lipinski definition) is 2. The third kappa shape index (κ3) is 2.05. The van der Waals surface area contributed by atoms with E-state index in [4.69, 9.17) is 0 Å². The van der Waals surface area contributed by atoms with Gasteiger partial charge in [-0.2, -0.15) is 0 Å². The van der Waals surface area contributed by atoms with Gasteiger partial charge in [0, 0.05) is 25.7 Å². The molecule has 13 heavy (non-hydrogen) atoms. The molecule has 2 heteroatoms. The summed E-state index contributed by atoms with van der Waals surface area (Å²) in [4.78, 5) is 5.16. The molecule has 0 saturated carbocycles. The third-order valence-corrected chi connectivity index (χ3v) is 3.67. The second-order valence-electron chi connectivity index (χ2n) is 5.57. The van der Waals surface area contributed by atoms with Crippen molar-refractivity contribution in [3.05, 3.63) is 0 Å². The molecule has 1 atom stereocenters. The van der Waals surface area contributed by atoms with Gasteiger partial charge in [-0.1, -0.05) is 13.8 Å². The van der Waals surface area contributed by atoms with Crippen LogP contribution in [0.5, 0.6) is 0 Å². The van der Waals surface area contributed by atoms with Crippen LogP contribution in [0.15, 0.2) is 0 Å². The lowest BCUT2D eigenvalue weighted by molar-refractivity contribution is 0.0153. The van der Waals surface area contributed by atoms with E-state index in [2.05, 4.69) is 30.7 Å². The second kappa shape index (κ2) is 3.25. The Morgan fingerprint density at radius 3 is 2.69 bits per heavy atom. The quantitative estimate of drug-likeness (QED) is 0.559. The first-order valence-corrected chi connectivity index (χ1v) is 5.49. The number of hydrogen-bond donors (Lipinski definition) is 0. The Hall–Kier alpha value is -0.0800. The SMILES string of the molecule is CN1CCN2CCC(C)(C)CC2C1. The van der Waals surface area contributed by atoms with Crippen LogP contribution in [-0.2, 0) is 0 Å². The summed E-state index contributed by atoms with van der Waals surface area (Å²) in [7, 11) is 2.25. The van der Waals surface area contributed by atoms with Crippen molar-refractivity contribution in [3.8, 4) is 0 Å². The van der Waals surface area contributed by atoms with E-state index >= 15 is 0 Å². The van der Waals surface area contributed by atoms with Gasteiger partial charge in [0.05, 0.1) is 0 Å². The van der Waals surface area contributed by atoms with Crippen LogP contribution in [-0.4, -0.2) is 49.1 Å². The monoisotopic (exact) mass is 182 g/mol. The van der Waals surface area contributed by atoms with Crippen molar-refractivity contribution in [2.24, 2.45) is 5.41 Å². The predicted molar refractivity (Wildman–Crippen MR) is 55.9 cm³/mol. The van der Waals surface area contributed by atoms with Crippen molar-refractivity contribution in [2.75, 3.05) is 33.2 Å². The van der Waals surface area contributed by atoms with Crippen molar-refractivity contribution < 1.29 is 0 Å². The predicted octanol–water partition coefficient (Wildman–Crippen LogP) is 1.42. The summed E-state index contributed by atoms with van der Waals surface area (Å²) >= 11 is 0. The normalized spacial score (nSPS) is 35.8. The highest BCUT2D eigenvalue weighted by Gasteiger charge is 2.35. The first kappa shape index (κ1) is 9.47. The van der Waals surface area contributed by atoms with E-state index in [1.165, 1.54) is 39.0 Å². The highest BCUT2D eigenvalue weighted by atomic mass is 15.3. The average Bonchev–Trinajstić information content (AvgIpc) is 2.01. The van der Waals surface area contributed by atoms with Crippen LogP contribution in [0.25, 0.3) is 0 Å². The number of piperidine rings is 1. The molecule has 2 saturated heterocycles. The molecule has 0 aromatic rings. The standard InChI is InChI=1S/C11H22N2/c1-11(2)4-5-13-7-6-12(3)9-10(13)8-11/h10H,4-9H2,1-3H3. The number of fused-ring (bicyclic) bond motifs is 1. The number of rotatable bonds is 0. The van der Waals surface area contributed by atoms with Gasteiger partial charge in [0.15, 0.2) is 0 Å². The Morgan fingerprint density at radius 1 is 1.15 bits per heavy atom. The fraction of sp³-hybridized carbons (Fsp3) is 1.00. The zero-order chi connectivity index (χ0) is 9.47. The average molecular weight is 182 g/mol. The van der Waals surface area contributed by atoms with Crippen LogP contribution in [0.3, 0.4) is 0 Å². The fourth-order valence-electron chi connectivity index (χ4n) is 2.72. The van der Waals surface area contributed by atoms with Crippen LogP contribution < -0.4 is 0 Å². The number of piperazine rings is 1. The van der Waals surface area contributed by atoms with E-state index < -0.39 is 0 Å². The van der Waals surface area contributed by atoms with Crippen molar-refractivity contribution in [3.63, 3.8) is 0 Å². The van der Waals surface area contributed by atoms with Crippen molar-refractivity contribution in [1.29, 1.82) is 0 Å². The van der Waals surface area contributed by atoms with Crippen LogP contribution in [0.4, 0.5) is 0 Å². The van der Waals surface area contributed by atoms with Crippen molar-refractivity contribution in [1.82, 2.24) is 9.80 Å². The van der Waals surface area contributed by atoms with Gasteiger partial charge >= 0.3 is 0 Å².